The summed E-state index contributed by atoms with van der Waals surface area (Å²) >= 11 is 0. The van der Waals surface area contributed by atoms with Crippen LogP contribution in [0.1, 0.15) is 6.92 Å². The number of hydrogen-bond donors (Lipinski definition) is 2. The van der Waals surface area contributed by atoms with Gasteiger partial charge in [-0.1, -0.05) is 0 Å². The van der Waals surface area contributed by atoms with Crippen molar-refractivity contribution in [3.8, 4) is 12.0 Å². The maximum atomic E-state index is 11.8. The van der Waals surface area contributed by atoms with E-state index < -0.39 is 6.04 Å². The van der Waals surface area contributed by atoms with E-state index in [9.17, 15) is 4.79 Å². The summed E-state index contributed by atoms with van der Waals surface area (Å²) in [5.74, 6) is 0.00323. The van der Waals surface area contributed by atoms with Crippen LogP contribution in [-0.2, 0) is 9.53 Å². The van der Waals surface area contributed by atoms with E-state index in [4.69, 9.17) is 14.2 Å². The Morgan fingerprint density at radius 3 is 2.25 bits per heavy atom. The van der Waals surface area contributed by atoms with Crippen molar-refractivity contribution in [2.45, 2.75) is 13.0 Å². The highest BCUT2D eigenvalue weighted by atomic mass is 16.5. The van der Waals surface area contributed by atoms with Crippen molar-refractivity contribution in [3.63, 3.8) is 0 Å². The Bertz CT molecular complexity index is 421. The van der Waals surface area contributed by atoms with E-state index in [1.54, 1.807) is 14.0 Å². The molecule has 1 atom stereocenters. The third-order valence-electron chi connectivity index (χ3n) is 2.30. The first-order valence-corrected chi connectivity index (χ1v) is 5.98. The fourth-order valence-electron chi connectivity index (χ4n) is 1.27. The molecule has 0 saturated carbocycles. The molecule has 1 amide bonds. The van der Waals surface area contributed by atoms with Crippen molar-refractivity contribution in [3.05, 3.63) is 0 Å². The van der Waals surface area contributed by atoms with Crippen molar-refractivity contribution in [2.24, 2.45) is 0 Å². The number of aromatic nitrogens is 3. The van der Waals surface area contributed by atoms with Gasteiger partial charge < -0.3 is 24.8 Å². The topological polar surface area (TPSA) is 107 Å². The van der Waals surface area contributed by atoms with Crippen LogP contribution in [0.4, 0.5) is 5.95 Å². The van der Waals surface area contributed by atoms with Gasteiger partial charge in [0.2, 0.25) is 11.9 Å². The quantitative estimate of drug-likeness (QED) is 0.613. The van der Waals surface area contributed by atoms with Gasteiger partial charge in [-0.15, -0.1) is 4.98 Å². The number of anilines is 1. The monoisotopic (exact) mass is 285 g/mol. The summed E-state index contributed by atoms with van der Waals surface area (Å²) in [6.45, 7) is 2.57. The van der Waals surface area contributed by atoms with Crippen LogP contribution in [0.5, 0.6) is 12.0 Å². The van der Waals surface area contributed by atoms with E-state index in [2.05, 4.69) is 25.6 Å². The predicted octanol–water partition coefficient (Wildman–Crippen LogP) is -0.548. The van der Waals surface area contributed by atoms with Crippen LogP contribution in [0.25, 0.3) is 0 Å². The normalized spacial score (nSPS) is 11.6. The molecule has 2 N–H and O–H groups in total. The minimum absolute atomic E-state index is 0.103. The van der Waals surface area contributed by atoms with E-state index in [0.29, 0.717) is 13.2 Å². The fraction of sp³-hybridized carbons (Fsp3) is 0.636. The maximum Gasteiger partial charge on any atom is 0.324 e. The van der Waals surface area contributed by atoms with Gasteiger partial charge in [-0.05, 0) is 6.92 Å². The van der Waals surface area contributed by atoms with Crippen LogP contribution < -0.4 is 20.1 Å². The summed E-state index contributed by atoms with van der Waals surface area (Å²) in [6.07, 6.45) is 0. The highest BCUT2D eigenvalue weighted by Gasteiger charge is 2.15. The first-order chi connectivity index (χ1) is 9.60. The molecule has 0 spiro atoms. The number of amides is 1. The van der Waals surface area contributed by atoms with Crippen LogP contribution in [-0.4, -0.2) is 61.4 Å². The van der Waals surface area contributed by atoms with Gasteiger partial charge in [0.15, 0.2) is 0 Å². The first-order valence-electron chi connectivity index (χ1n) is 5.98. The van der Waals surface area contributed by atoms with Crippen LogP contribution >= 0.6 is 0 Å². The molecule has 0 bridgehead atoms. The number of carbonyl (C=O) groups excluding carboxylic acids is 1. The molecular formula is C11H19N5O4. The van der Waals surface area contributed by atoms with E-state index in [1.807, 2.05) is 0 Å². The number of methoxy groups -OCH3 is 3. The molecule has 0 aromatic carbocycles. The fourth-order valence-corrected chi connectivity index (χ4v) is 1.27. The molecule has 1 unspecified atom stereocenters. The molecule has 9 heteroatoms. The lowest BCUT2D eigenvalue weighted by Crippen LogP contribution is -2.39. The zero-order valence-corrected chi connectivity index (χ0v) is 12.0. The van der Waals surface area contributed by atoms with Gasteiger partial charge in [-0.25, -0.2) is 0 Å². The standard InChI is InChI=1S/C11H19N5O4/c1-7(8(17)12-5-6-18-2)13-9-14-10(19-3)16-11(15-9)20-4/h7H,5-6H2,1-4H3,(H,12,17)(H,13,14,15,16). The molecule has 0 aliphatic heterocycles. The van der Waals surface area contributed by atoms with Gasteiger partial charge in [0.05, 0.1) is 20.8 Å². The first kappa shape index (κ1) is 15.9. The molecule has 0 radical (unpaired) electrons. The molecule has 1 rings (SSSR count). The molecule has 1 aromatic heterocycles. The number of hydrogen-bond acceptors (Lipinski definition) is 8. The molecule has 0 aliphatic rings. The Kier molecular flexibility index (Phi) is 6.44. The van der Waals surface area contributed by atoms with E-state index in [1.165, 1.54) is 14.2 Å². The molecule has 0 aliphatic carbocycles. The number of carbonyl (C=O) groups is 1. The smallest absolute Gasteiger partial charge is 0.324 e. The van der Waals surface area contributed by atoms with Crippen molar-refractivity contribution in [1.82, 2.24) is 20.3 Å². The van der Waals surface area contributed by atoms with Gasteiger partial charge >= 0.3 is 12.0 Å². The summed E-state index contributed by atoms with van der Waals surface area (Å²) in [6, 6.07) is -0.318. The molecule has 0 fully saturated rings. The third-order valence-corrected chi connectivity index (χ3v) is 2.30. The van der Waals surface area contributed by atoms with E-state index in [-0.39, 0.29) is 23.9 Å². The zero-order valence-electron chi connectivity index (χ0n) is 12.0. The highest BCUT2D eigenvalue weighted by Crippen LogP contribution is 2.12. The Morgan fingerprint density at radius 2 is 1.75 bits per heavy atom. The average Bonchev–Trinajstić information content (AvgIpc) is 2.46. The predicted molar refractivity (Wildman–Crippen MR) is 70.9 cm³/mol. The molecule has 9 nitrogen and oxygen atoms in total. The van der Waals surface area contributed by atoms with Crippen LogP contribution in [0.15, 0.2) is 0 Å². The van der Waals surface area contributed by atoms with E-state index >= 15 is 0 Å². The molecule has 112 valence electrons. The van der Waals surface area contributed by atoms with Crippen molar-refractivity contribution < 1.29 is 19.0 Å². The molecule has 1 aromatic rings. The lowest BCUT2D eigenvalue weighted by Gasteiger charge is -2.14. The average molecular weight is 285 g/mol. The van der Waals surface area contributed by atoms with Crippen LogP contribution in [0.2, 0.25) is 0 Å². The Labute approximate surface area is 117 Å². The van der Waals surface area contributed by atoms with Crippen molar-refractivity contribution >= 4 is 11.9 Å². The van der Waals surface area contributed by atoms with E-state index in [0.717, 1.165) is 0 Å². The summed E-state index contributed by atoms with van der Waals surface area (Å²) in [4.78, 5) is 23.6. The van der Waals surface area contributed by atoms with Gasteiger partial charge in [0, 0.05) is 13.7 Å². The molecule has 20 heavy (non-hydrogen) atoms. The summed E-state index contributed by atoms with van der Waals surface area (Å²) in [5, 5.41) is 5.54. The van der Waals surface area contributed by atoms with Gasteiger partial charge in [-0.3, -0.25) is 4.79 Å². The minimum atomic E-state index is -0.524. The van der Waals surface area contributed by atoms with Crippen molar-refractivity contribution in [1.29, 1.82) is 0 Å². The highest BCUT2D eigenvalue weighted by molar-refractivity contribution is 5.83. The Morgan fingerprint density at radius 1 is 1.15 bits per heavy atom. The number of rotatable bonds is 8. The molecular weight excluding hydrogens is 266 g/mol. The second-order valence-electron chi connectivity index (χ2n) is 3.78. The zero-order chi connectivity index (χ0) is 15.0. The second kappa shape index (κ2) is 8.10. The summed E-state index contributed by atoms with van der Waals surface area (Å²) in [7, 11) is 4.43. The van der Waals surface area contributed by atoms with Crippen LogP contribution in [0.3, 0.4) is 0 Å². The van der Waals surface area contributed by atoms with Crippen LogP contribution in [0, 0.1) is 0 Å². The minimum Gasteiger partial charge on any atom is -0.467 e. The number of ether oxygens (including phenoxy) is 3. The number of nitrogens with zero attached hydrogens (tertiary/aromatic N) is 3. The largest absolute Gasteiger partial charge is 0.467 e. The Balaban J connectivity index is 2.64. The lowest BCUT2D eigenvalue weighted by atomic mass is 10.3. The SMILES string of the molecule is COCCNC(=O)C(C)Nc1nc(OC)nc(OC)n1. The summed E-state index contributed by atoms with van der Waals surface area (Å²) < 4.78 is 14.7. The van der Waals surface area contributed by atoms with Crippen molar-refractivity contribution in [2.75, 3.05) is 39.8 Å². The Hall–Kier alpha value is -2.16. The molecule has 1 heterocycles. The maximum absolute atomic E-state index is 11.8. The third kappa shape index (κ3) is 4.84. The van der Waals surface area contributed by atoms with Gasteiger partial charge in [0.1, 0.15) is 6.04 Å². The number of nitrogens with one attached hydrogen (secondary N) is 2. The summed E-state index contributed by atoms with van der Waals surface area (Å²) in [5.41, 5.74) is 0. The lowest BCUT2D eigenvalue weighted by molar-refractivity contribution is -0.121. The van der Waals surface area contributed by atoms with Gasteiger partial charge in [0.25, 0.3) is 0 Å². The van der Waals surface area contributed by atoms with Gasteiger partial charge in [-0.2, -0.15) is 9.97 Å². The second-order valence-corrected chi connectivity index (χ2v) is 3.78. The molecule has 0 saturated heterocycles.